The van der Waals surface area contributed by atoms with Gasteiger partial charge in [0.2, 0.25) is 0 Å². The van der Waals surface area contributed by atoms with Crippen LogP contribution in [0.15, 0.2) is 0 Å². The predicted molar refractivity (Wildman–Crippen MR) is 52.8 cm³/mol. The Morgan fingerprint density at radius 1 is 1.36 bits per heavy atom. The minimum Gasteiger partial charge on any atom is -0.466 e. The van der Waals surface area contributed by atoms with E-state index in [-0.39, 0.29) is 23.6 Å². The molecule has 14 heavy (non-hydrogen) atoms. The first-order chi connectivity index (χ1) is 6.65. The standard InChI is InChI=1S/C11H18O3/c1-3-14-11(13)7-9-5-4-6-10(9)8(2)12/h9-10H,3-7H2,1-2H3/t9-,10-/m1/s1. The highest BCUT2D eigenvalue weighted by molar-refractivity contribution is 5.80. The van der Waals surface area contributed by atoms with Crippen molar-refractivity contribution in [1.82, 2.24) is 0 Å². The summed E-state index contributed by atoms with van der Waals surface area (Å²) in [6.45, 7) is 3.85. The molecule has 3 heteroatoms. The van der Waals surface area contributed by atoms with Gasteiger partial charge in [0.1, 0.15) is 5.78 Å². The minimum absolute atomic E-state index is 0.0967. The number of ketones is 1. The molecule has 0 N–H and O–H groups in total. The highest BCUT2D eigenvalue weighted by Gasteiger charge is 2.32. The topological polar surface area (TPSA) is 43.4 Å². The van der Waals surface area contributed by atoms with Crippen LogP contribution >= 0.6 is 0 Å². The van der Waals surface area contributed by atoms with Crippen LogP contribution in [0.3, 0.4) is 0 Å². The van der Waals surface area contributed by atoms with E-state index in [1.54, 1.807) is 13.8 Å². The molecule has 0 saturated heterocycles. The molecule has 0 aromatic heterocycles. The molecule has 0 amide bonds. The van der Waals surface area contributed by atoms with Crippen LogP contribution in [0.5, 0.6) is 0 Å². The number of esters is 1. The molecule has 80 valence electrons. The highest BCUT2D eigenvalue weighted by atomic mass is 16.5. The van der Waals surface area contributed by atoms with Gasteiger partial charge in [-0.3, -0.25) is 9.59 Å². The van der Waals surface area contributed by atoms with Crippen molar-refractivity contribution < 1.29 is 14.3 Å². The fraction of sp³-hybridized carbons (Fsp3) is 0.818. The monoisotopic (exact) mass is 198 g/mol. The third kappa shape index (κ3) is 2.82. The number of Topliss-reactive ketones (excluding diaryl/α,β-unsaturated/α-hetero) is 1. The van der Waals surface area contributed by atoms with Gasteiger partial charge in [0.05, 0.1) is 6.61 Å². The lowest BCUT2D eigenvalue weighted by molar-refractivity contribution is -0.144. The maximum atomic E-state index is 11.2. The molecule has 0 aromatic carbocycles. The number of hydrogen-bond acceptors (Lipinski definition) is 3. The second kappa shape index (κ2) is 5.13. The Hall–Kier alpha value is -0.860. The molecule has 1 aliphatic rings. The highest BCUT2D eigenvalue weighted by Crippen LogP contribution is 2.34. The molecular weight excluding hydrogens is 180 g/mol. The quantitative estimate of drug-likeness (QED) is 0.648. The van der Waals surface area contributed by atoms with Crippen molar-refractivity contribution in [2.45, 2.75) is 39.5 Å². The summed E-state index contributed by atoms with van der Waals surface area (Å²) in [4.78, 5) is 22.5. The van der Waals surface area contributed by atoms with E-state index in [4.69, 9.17) is 4.74 Å². The number of carbonyl (C=O) groups is 2. The van der Waals surface area contributed by atoms with Crippen LogP contribution in [0, 0.1) is 11.8 Å². The largest absolute Gasteiger partial charge is 0.466 e. The summed E-state index contributed by atoms with van der Waals surface area (Å²) in [6.07, 6.45) is 3.41. The second-order valence-electron chi connectivity index (χ2n) is 3.92. The van der Waals surface area contributed by atoms with Crippen LogP contribution in [0.4, 0.5) is 0 Å². The van der Waals surface area contributed by atoms with E-state index >= 15 is 0 Å². The molecule has 2 atom stereocenters. The van der Waals surface area contributed by atoms with E-state index in [0.717, 1.165) is 19.3 Å². The third-order valence-corrected chi connectivity index (χ3v) is 2.92. The summed E-state index contributed by atoms with van der Waals surface area (Å²) in [5, 5.41) is 0. The van der Waals surface area contributed by atoms with Gasteiger partial charge in [-0.15, -0.1) is 0 Å². The van der Waals surface area contributed by atoms with Crippen LogP contribution in [0.25, 0.3) is 0 Å². The molecule has 0 radical (unpaired) electrons. The Morgan fingerprint density at radius 2 is 2.07 bits per heavy atom. The smallest absolute Gasteiger partial charge is 0.306 e. The summed E-state index contributed by atoms with van der Waals surface area (Å²) in [5.74, 6) is 0.383. The fourth-order valence-corrected chi connectivity index (χ4v) is 2.25. The van der Waals surface area contributed by atoms with Crippen molar-refractivity contribution >= 4 is 11.8 Å². The molecular formula is C11H18O3. The summed E-state index contributed by atoms with van der Waals surface area (Å²) < 4.78 is 4.88. The van der Waals surface area contributed by atoms with Gasteiger partial charge < -0.3 is 4.74 Å². The zero-order chi connectivity index (χ0) is 10.6. The van der Waals surface area contributed by atoms with Gasteiger partial charge in [-0.1, -0.05) is 6.42 Å². The van der Waals surface area contributed by atoms with Gasteiger partial charge in [-0.05, 0) is 32.6 Å². The Kier molecular flexibility index (Phi) is 4.11. The fourth-order valence-electron chi connectivity index (χ4n) is 2.25. The molecule has 1 rings (SSSR count). The summed E-state index contributed by atoms with van der Waals surface area (Å²) in [5.41, 5.74) is 0. The maximum absolute atomic E-state index is 11.2. The van der Waals surface area contributed by atoms with Gasteiger partial charge in [-0.25, -0.2) is 0 Å². The molecule has 0 aromatic rings. The number of ether oxygens (including phenoxy) is 1. The van der Waals surface area contributed by atoms with E-state index in [2.05, 4.69) is 0 Å². The number of carbonyl (C=O) groups excluding carboxylic acids is 2. The van der Waals surface area contributed by atoms with Crippen molar-refractivity contribution in [3.8, 4) is 0 Å². The molecule has 3 nitrogen and oxygen atoms in total. The van der Waals surface area contributed by atoms with Crippen molar-refractivity contribution in [2.24, 2.45) is 11.8 Å². The van der Waals surface area contributed by atoms with Crippen LogP contribution in [-0.2, 0) is 14.3 Å². The molecule has 0 spiro atoms. The first-order valence-electron chi connectivity index (χ1n) is 5.31. The van der Waals surface area contributed by atoms with Gasteiger partial charge >= 0.3 is 5.97 Å². The van der Waals surface area contributed by atoms with Crippen LogP contribution in [-0.4, -0.2) is 18.4 Å². The zero-order valence-corrected chi connectivity index (χ0v) is 8.91. The minimum atomic E-state index is -0.161. The van der Waals surface area contributed by atoms with E-state index < -0.39 is 0 Å². The van der Waals surface area contributed by atoms with Crippen LogP contribution < -0.4 is 0 Å². The summed E-state index contributed by atoms with van der Waals surface area (Å²) >= 11 is 0. The first kappa shape index (κ1) is 11.2. The predicted octanol–water partition coefficient (Wildman–Crippen LogP) is 1.94. The van der Waals surface area contributed by atoms with Crippen molar-refractivity contribution in [3.63, 3.8) is 0 Å². The summed E-state index contributed by atoms with van der Waals surface area (Å²) in [7, 11) is 0. The Labute approximate surface area is 84.8 Å². The molecule has 0 heterocycles. The van der Waals surface area contributed by atoms with E-state index in [1.807, 2.05) is 0 Å². The Balaban J connectivity index is 2.43. The Morgan fingerprint density at radius 3 is 2.64 bits per heavy atom. The van der Waals surface area contributed by atoms with Gasteiger partial charge in [0.15, 0.2) is 0 Å². The van der Waals surface area contributed by atoms with Gasteiger partial charge in [0.25, 0.3) is 0 Å². The van der Waals surface area contributed by atoms with Crippen molar-refractivity contribution in [1.29, 1.82) is 0 Å². The van der Waals surface area contributed by atoms with E-state index in [0.29, 0.717) is 13.0 Å². The first-order valence-corrected chi connectivity index (χ1v) is 5.31. The molecule has 0 unspecified atom stereocenters. The van der Waals surface area contributed by atoms with E-state index in [9.17, 15) is 9.59 Å². The Bertz CT molecular complexity index is 223. The lowest BCUT2D eigenvalue weighted by atomic mass is 9.90. The summed E-state index contributed by atoms with van der Waals surface area (Å²) in [6, 6.07) is 0. The van der Waals surface area contributed by atoms with Crippen LogP contribution in [0.1, 0.15) is 39.5 Å². The normalized spacial score (nSPS) is 26.1. The lowest BCUT2D eigenvalue weighted by Gasteiger charge is -2.15. The van der Waals surface area contributed by atoms with Crippen molar-refractivity contribution in [2.75, 3.05) is 6.61 Å². The lowest BCUT2D eigenvalue weighted by Crippen LogP contribution is -2.20. The average Bonchev–Trinajstić information content (AvgIpc) is 2.52. The molecule has 1 aliphatic carbocycles. The third-order valence-electron chi connectivity index (χ3n) is 2.92. The molecule has 0 aliphatic heterocycles. The molecule has 0 bridgehead atoms. The number of rotatable bonds is 4. The van der Waals surface area contributed by atoms with Crippen LogP contribution in [0.2, 0.25) is 0 Å². The molecule has 1 saturated carbocycles. The van der Waals surface area contributed by atoms with Gasteiger partial charge in [-0.2, -0.15) is 0 Å². The average molecular weight is 198 g/mol. The molecule has 1 fully saturated rings. The SMILES string of the molecule is CCOC(=O)C[C@H]1CCC[C@@H]1C(C)=O. The van der Waals surface area contributed by atoms with E-state index in [1.165, 1.54) is 0 Å². The maximum Gasteiger partial charge on any atom is 0.306 e. The zero-order valence-electron chi connectivity index (χ0n) is 8.91. The number of hydrogen-bond donors (Lipinski definition) is 0. The van der Waals surface area contributed by atoms with Crippen molar-refractivity contribution in [3.05, 3.63) is 0 Å². The van der Waals surface area contributed by atoms with Gasteiger partial charge in [0, 0.05) is 12.3 Å². The second-order valence-corrected chi connectivity index (χ2v) is 3.92.